The third-order valence-corrected chi connectivity index (χ3v) is 4.23. The second-order valence-electron chi connectivity index (χ2n) is 4.49. The van der Waals surface area contributed by atoms with Crippen molar-refractivity contribution in [3.05, 3.63) is 28.2 Å². The van der Waals surface area contributed by atoms with Gasteiger partial charge in [0.25, 0.3) is 5.91 Å². The van der Waals surface area contributed by atoms with E-state index in [1.807, 2.05) is 0 Å². The van der Waals surface area contributed by atoms with E-state index in [-0.39, 0.29) is 18.1 Å². The van der Waals surface area contributed by atoms with E-state index in [9.17, 15) is 4.79 Å². The van der Waals surface area contributed by atoms with Crippen molar-refractivity contribution in [2.24, 2.45) is 0 Å². The van der Waals surface area contributed by atoms with Gasteiger partial charge in [0.2, 0.25) is 0 Å². The largest absolute Gasteiger partial charge is 0.398 e. The van der Waals surface area contributed by atoms with Crippen LogP contribution in [0.25, 0.3) is 0 Å². The van der Waals surface area contributed by atoms with Gasteiger partial charge in [0.1, 0.15) is 0 Å². The van der Waals surface area contributed by atoms with Crippen LogP contribution in [0.5, 0.6) is 0 Å². The molecule has 0 bridgehead atoms. The summed E-state index contributed by atoms with van der Waals surface area (Å²) in [4.78, 5) is 12.2. The fourth-order valence-electron chi connectivity index (χ4n) is 2.34. The number of hydrogen-bond acceptors (Lipinski definition) is 3. The zero-order valence-corrected chi connectivity index (χ0v) is 11.9. The lowest BCUT2D eigenvalue weighted by molar-refractivity contribution is 0.0722. The standard InChI is InChI=1S/C13H17BrN2O2/c1-18-11-7-3-6-10(11)16-13(17)8-4-2-5-9(15)12(8)14/h2,4-5,10-11H,3,6-7,15H2,1H3,(H,16,17). The van der Waals surface area contributed by atoms with E-state index < -0.39 is 0 Å². The molecular formula is C13H17BrN2O2. The van der Waals surface area contributed by atoms with Crippen LogP contribution in [0.1, 0.15) is 29.6 Å². The van der Waals surface area contributed by atoms with Gasteiger partial charge < -0.3 is 15.8 Å². The molecule has 4 nitrogen and oxygen atoms in total. The van der Waals surface area contributed by atoms with Crippen LogP contribution in [-0.2, 0) is 4.74 Å². The summed E-state index contributed by atoms with van der Waals surface area (Å²) >= 11 is 3.35. The molecule has 1 amide bonds. The van der Waals surface area contributed by atoms with E-state index in [0.29, 0.717) is 15.7 Å². The van der Waals surface area contributed by atoms with Gasteiger partial charge in [-0.15, -0.1) is 0 Å². The Morgan fingerprint density at radius 2 is 2.28 bits per heavy atom. The molecule has 1 aliphatic rings. The van der Waals surface area contributed by atoms with Crippen molar-refractivity contribution in [3.63, 3.8) is 0 Å². The molecule has 0 aliphatic heterocycles. The van der Waals surface area contributed by atoms with Gasteiger partial charge in [-0.3, -0.25) is 4.79 Å². The number of nitrogens with two attached hydrogens (primary N) is 1. The number of carbonyl (C=O) groups excluding carboxylic acids is 1. The molecule has 98 valence electrons. The molecule has 0 aromatic heterocycles. The molecule has 1 saturated carbocycles. The van der Waals surface area contributed by atoms with Crippen LogP contribution in [-0.4, -0.2) is 25.2 Å². The van der Waals surface area contributed by atoms with Crippen molar-refractivity contribution in [1.29, 1.82) is 0 Å². The number of carbonyl (C=O) groups is 1. The average molecular weight is 313 g/mol. The van der Waals surface area contributed by atoms with E-state index in [1.165, 1.54) is 0 Å². The molecule has 2 atom stereocenters. The maximum Gasteiger partial charge on any atom is 0.252 e. The molecular weight excluding hydrogens is 296 g/mol. The van der Waals surface area contributed by atoms with Gasteiger partial charge in [-0.05, 0) is 47.3 Å². The number of rotatable bonds is 3. The summed E-state index contributed by atoms with van der Waals surface area (Å²) in [6.07, 6.45) is 3.17. The Labute approximate surface area is 115 Å². The summed E-state index contributed by atoms with van der Waals surface area (Å²) in [6.45, 7) is 0. The van der Waals surface area contributed by atoms with Gasteiger partial charge in [-0.1, -0.05) is 6.07 Å². The monoisotopic (exact) mass is 312 g/mol. The Morgan fingerprint density at radius 1 is 1.50 bits per heavy atom. The summed E-state index contributed by atoms with van der Waals surface area (Å²) in [5.41, 5.74) is 6.90. The maximum atomic E-state index is 12.2. The minimum Gasteiger partial charge on any atom is -0.398 e. The van der Waals surface area contributed by atoms with Crippen LogP contribution >= 0.6 is 15.9 Å². The topological polar surface area (TPSA) is 64.3 Å². The first kappa shape index (κ1) is 13.4. The molecule has 0 heterocycles. The minimum absolute atomic E-state index is 0.0934. The Bertz CT molecular complexity index is 451. The van der Waals surface area contributed by atoms with Crippen molar-refractivity contribution in [2.45, 2.75) is 31.4 Å². The van der Waals surface area contributed by atoms with Gasteiger partial charge in [0.15, 0.2) is 0 Å². The normalized spacial score (nSPS) is 23.0. The van der Waals surface area contributed by atoms with E-state index >= 15 is 0 Å². The summed E-state index contributed by atoms with van der Waals surface area (Å²) in [5.74, 6) is -0.108. The molecule has 0 radical (unpaired) electrons. The van der Waals surface area contributed by atoms with E-state index in [1.54, 1.807) is 25.3 Å². The van der Waals surface area contributed by atoms with Gasteiger partial charge in [0.05, 0.1) is 22.2 Å². The second-order valence-corrected chi connectivity index (χ2v) is 5.29. The fraction of sp³-hybridized carbons (Fsp3) is 0.462. The Morgan fingerprint density at radius 3 is 3.00 bits per heavy atom. The first-order valence-corrected chi connectivity index (χ1v) is 6.80. The number of amides is 1. The van der Waals surface area contributed by atoms with Crippen molar-refractivity contribution in [3.8, 4) is 0 Å². The van der Waals surface area contributed by atoms with Crippen LogP contribution in [0.2, 0.25) is 0 Å². The van der Waals surface area contributed by atoms with E-state index in [4.69, 9.17) is 10.5 Å². The molecule has 1 aromatic carbocycles. The summed E-state index contributed by atoms with van der Waals surface area (Å²) < 4.78 is 6.01. The van der Waals surface area contributed by atoms with Crippen molar-refractivity contribution in [2.75, 3.05) is 12.8 Å². The number of benzene rings is 1. The van der Waals surface area contributed by atoms with Crippen LogP contribution in [0.3, 0.4) is 0 Å². The van der Waals surface area contributed by atoms with Crippen LogP contribution in [0.15, 0.2) is 22.7 Å². The van der Waals surface area contributed by atoms with Gasteiger partial charge >= 0.3 is 0 Å². The number of ether oxygens (including phenoxy) is 1. The highest BCUT2D eigenvalue weighted by atomic mass is 79.9. The number of nitrogen functional groups attached to an aromatic ring is 1. The van der Waals surface area contributed by atoms with Crippen LogP contribution in [0.4, 0.5) is 5.69 Å². The van der Waals surface area contributed by atoms with Gasteiger partial charge in [-0.2, -0.15) is 0 Å². The number of nitrogens with one attached hydrogen (secondary N) is 1. The summed E-state index contributed by atoms with van der Waals surface area (Å²) in [6, 6.07) is 5.38. The maximum absolute atomic E-state index is 12.2. The van der Waals surface area contributed by atoms with Crippen molar-refractivity contribution < 1.29 is 9.53 Å². The quantitative estimate of drug-likeness (QED) is 0.842. The highest BCUT2D eigenvalue weighted by molar-refractivity contribution is 9.10. The molecule has 5 heteroatoms. The zero-order valence-electron chi connectivity index (χ0n) is 10.3. The van der Waals surface area contributed by atoms with Crippen molar-refractivity contribution >= 4 is 27.5 Å². The van der Waals surface area contributed by atoms with Crippen LogP contribution < -0.4 is 11.1 Å². The Balaban J connectivity index is 2.10. The Hall–Kier alpha value is -1.07. The van der Waals surface area contributed by atoms with Gasteiger partial charge in [-0.25, -0.2) is 0 Å². The molecule has 0 spiro atoms. The molecule has 1 aliphatic carbocycles. The molecule has 1 aromatic rings. The molecule has 3 N–H and O–H groups in total. The van der Waals surface area contributed by atoms with Gasteiger partial charge in [0, 0.05) is 12.8 Å². The third-order valence-electron chi connectivity index (χ3n) is 3.35. The number of anilines is 1. The zero-order chi connectivity index (χ0) is 13.1. The number of hydrogen-bond donors (Lipinski definition) is 2. The molecule has 1 fully saturated rings. The number of methoxy groups -OCH3 is 1. The lowest BCUT2D eigenvalue weighted by Gasteiger charge is -2.20. The highest BCUT2D eigenvalue weighted by Gasteiger charge is 2.29. The minimum atomic E-state index is -0.108. The molecule has 0 saturated heterocycles. The van der Waals surface area contributed by atoms with E-state index in [0.717, 1.165) is 19.3 Å². The first-order valence-electron chi connectivity index (χ1n) is 6.01. The highest BCUT2D eigenvalue weighted by Crippen LogP contribution is 2.25. The molecule has 18 heavy (non-hydrogen) atoms. The predicted octanol–water partition coefficient (Wildman–Crippen LogP) is 2.33. The first-order chi connectivity index (χ1) is 8.63. The average Bonchev–Trinajstić information content (AvgIpc) is 2.79. The SMILES string of the molecule is COC1CCCC1NC(=O)c1cccc(N)c1Br. The lowest BCUT2D eigenvalue weighted by Crippen LogP contribution is -2.40. The smallest absolute Gasteiger partial charge is 0.252 e. The number of halogens is 1. The van der Waals surface area contributed by atoms with Crippen LogP contribution in [0, 0.1) is 0 Å². The predicted molar refractivity (Wildman–Crippen MR) is 74.5 cm³/mol. The lowest BCUT2D eigenvalue weighted by atomic mass is 10.1. The van der Waals surface area contributed by atoms with E-state index in [2.05, 4.69) is 21.2 Å². The third kappa shape index (κ3) is 2.67. The fourth-order valence-corrected chi connectivity index (χ4v) is 2.79. The molecule has 2 unspecified atom stereocenters. The summed E-state index contributed by atoms with van der Waals surface area (Å²) in [5, 5.41) is 3.01. The molecule has 2 rings (SSSR count). The second kappa shape index (κ2) is 5.71. The van der Waals surface area contributed by atoms with Crippen molar-refractivity contribution in [1.82, 2.24) is 5.32 Å². The Kier molecular flexibility index (Phi) is 4.24. The summed E-state index contributed by atoms with van der Waals surface area (Å²) in [7, 11) is 1.69.